The number of fused-ring (bicyclic) bond motifs is 8. The molecule has 0 radical (unpaired) electrons. The third-order valence-corrected chi connectivity index (χ3v) is 7.18. The summed E-state index contributed by atoms with van der Waals surface area (Å²) in [5.74, 6) is 0. The van der Waals surface area contributed by atoms with Crippen LogP contribution in [0.1, 0.15) is 44.6 Å². The first kappa shape index (κ1) is 14.0. The van der Waals surface area contributed by atoms with E-state index in [1.165, 1.54) is 72.1 Å². The number of rotatable bonds is 0. The van der Waals surface area contributed by atoms with Crippen LogP contribution >= 0.6 is 0 Å². The van der Waals surface area contributed by atoms with Crippen molar-refractivity contribution in [1.82, 2.24) is 4.98 Å². The third-order valence-electron chi connectivity index (χ3n) is 7.18. The zero-order valence-corrected chi connectivity index (χ0v) is 14.8. The molecule has 1 aliphatic carbocycles. The van der Waals surface area contributed by atoms with Gasteiger partial charge in [0, 0.05) is 34.3 Å². The lowest BCUT2D eigenvalue weighted by molar-refractivity contribution is 0.304. The van der Waals surface area contributed by atoms with Crippen LogP contribution in [0.25, 0.3) is 22.2 Å². The van der Waals surface area contributed by atoms with Crippen molar-refractivity contribution in [1.29, 1.82) is 0 Å². The van der Waals surface area contributed by atoms with Gasteiger partial charge in [-0.1, -0.05) is 49.2 Å². The highest BCUT2D eigenvalue weighted by atomic mass is 15.3. The molecule has 6 rings (SSSR count). The molecule has 3 aliphatic rings. The quantitative estimate of drug-likeness (QED) is 0.550. The summed E-state index contributed by atoms with van der Waals surface area (Å²) in [6, 6.07) is 17.9. The summed E-state index contributed by atoms with van der Waals surface area (Å²) >= 11 is 0. The Morgan fingerprint density at radius 1 is 0.960 bits per heavy atom. The number of hydrogen-bond donors (Lipinski definition) is 1. The van der Waals surface area contributed by atoms with Crippen molar-refractivity contribution in [3.63, 3.8) is 0 Å². The number of anilines is 1. The summed E-state index contributed by atoms with van der Waals surface area (Å²) in [6.45, 7) is 3.72. The average Bonchev–Trinajstić information content (AvgIpc) is 3.31. The van der Waals surface area contributed by atoms with E-state index in [0.29, 0.717) is 5.41 Å². The molecule has 3 aromatic rings. The minimum atomic E-state index is 0.105. The van der Waals surface area contributed by atoms with Gasteiger partial charge in [0.2, 0.25) is 0 Å². The number of aromatic amines is 1. The SMILES string of the molecule is CC12CC3(CCCC3)CN1c1ccccc1-c1[nH]c3ccccc3c12. The van der Waals surface area contributed by atoms with Gasteiger partial charge in [0.15, 0.2) is 0 Å². The predicted octanol–water partition coefficient (Wildman–Crippen LogP) is 5.83. The molecule has 0 bridgehead atoms. The van der Waals surface area contributed by atoms with Crippen LogP contribution in [-0.4, -0.2) is 11.5 Å². The zero-order chi connectivity index (χ0) is 16.6. The molecule has 1 spiro atoms. The van der Waals surface area contributed by atoms with Gasteiger partial charge in [0.25, 0.3) is 0 Å². The number of para-hydroxylation sites is 2. The van der Waals surface area contributed by atoms with Crippen LogP contribution in [0.2, 0.25) is 0 Å². The van der Waals surface area contributed by atoms with Crippen molar-refractivity contribution >= 4 is 16.6 Å². The highest BCUT2D eigenvalue weighted by Gasteiger charge is 2.55. The van der Waals surface area contributed by atoms with Gasteiger partial charge in [-0.15, -0.1) is 0 Å². The second-order valence-electron chi connectivity index (χ2n) is 8.68. The molecular formula is C23H24N2. The second kappa shape index (κ2) is 4.49. The first-order chi connectivity index (χ1) is 12.2. The monoisotopic (exact) mass is 328 g/mol. The molecule has 1 saturated heterocycles. The summed E-state index contributed by atoms with van der Waals surface area (Å²) in [7, 11) is 0. The van der Waals surface area contributed by atoms with E-state index in [0.717, 1.165) is 0 Å². The van der Waals surface area contributed by atoms with Gasteiger partial charge in [-0.05, 0) is 43.7 Å². The van der Waals surface area contributed by atoms with E-state index in [2.05, 4.69) is 65.3 Å². The number of hydrogen-bond acceptors (Lipinski definition) is 1. The molecule has 1 saturated carbocycles. The Morgan fingerprint density at radius 3 is 2.60 bits per heavy atom. The van der Waals surface area contributed by atoms with Crippen molar-refractivity contribution in [2.24, 2.45) is 5.41 Å². The highest BCUT2D eigenvalue weighted by molar-refractivity contribution is 5.97. The van der Waals surface area contributed by atoms with Crippen molar-refractivity contribution in [3.8, 4) is 11.3 Å². The van der Waals surface area contributed by atoms with Crippen LogP contribution in [0.5, 0.6) is 0 Å². The fraction of sp³-hybridized carbons (Fsp3) is 0.391. The van der Waals surface area contributed by atoms with Crippen molar-refractivity contribution in [3.05, 3.63) is 54.1 Å². The van der Waals surface area contributed by atoms with E-state index in [-0.39, 0.29) is 5.54 Å². The first-order valence-corrected chi connectivity index (χ1v) is 9.69. The number of nitrogens with one attached hydrogen (secondary N) is 1. The van der Waals surface area contributed by atoms with Gasteiger partial charge in [-0.3, -0.25) is 0 Å². The van der Waals surface area contributed by atoms with Crippen molar-refractivity contribution in [2.45, 2.75) is 44.6 Å². The van der Waals surface area contributed by atoms with Gasteiger partial charge in [0.1, 0.15) is 0 Å². The van der Waals surface area contributed by atoms with Gasteiger partial charge >= 0.3 is 0 Å². The molecule has 1 unspecified atom stereocenters. The number of H-pyrrole nitrogens is 1. The molecule has 2 aromatic carbocycles. The van der Waals surface area contributed by atoms with Crippen LogP contribution in [0.3, 0.4) is 0 Å². The Labute approximate surface area is 148 Å². The summed E-state index contributed by atoms with van der Waals surface area (Å²) < 4.78 is 0. The van der Waals surface area contributed by atoms with Crippen LogP contribution in [0.15, 0.2) is 48.5 Å². The lowest BCUT2D eigenvalue weighted by Gasteiger charge is -2.42. The van der Waals surface area contributed by atoms with Gasteiger partial charge in [0.05, 0.1) is 11.2 Å². The summed E-state index contributed by atoms with van der Waals surface area (Å²) in [6.07, 6.45) is 6.92. The normalized spacial score (nSPS) is 26.0. The lowest BCUT2D eigenvalue weighted by Crippen LogP contribution is -2.41. The van der Waals surface area contributed by atoms with Gasteiger partial charge in [-0.2, -0.15) is 0 Å². The van der Waals surface area contributed by atoms with Crippen LogP contribution in [-0.2, 0) is 5.54 Å². The molecule has 1 atom stereocenters. The molecule has 25 heavy (non-hydrogen) atoms. The summed E-state index contributed by atoms with van der Waals surface area (Å²) in [5, 5.41) is 1.41. The number of aromatic nitrogens is 1. The molecule has 1 aromatic heterocycles. The zero-order valence-electron chi connectivity index (χ0n) is 14.8. The maximum Gasteiger partial charge on any atom is 0.0659 e. The van der Waals surface area contributed by atoms with Crippen molar-refractivity contribution in [2.75, 3.05) is 11.4 Å². The minimum absolute atomic E-state index is 0.105. The molecule has 2 nitrogen and oxygen atoms in total. The van der Waals surface area contributed by atoms with Gasteiger partial charge < -0.3 is 9.88 Å². The van der Waals surface area contributed by atoms with E-state index >= 15 is 0 Å². The fourth-order valence-electron chi connectivity index (χ4n) is 6.25. The van der Waals surface area contributed by atoms with E-state index < -0.39 is 0 Å². The average molecular weight is 328 g/mol. The van der Waals surface area contributed by atoms with Crippen LogP contribution in [0.4, 0.5) is 5.69 Å². The molecule has 0 amide bonds. The Balaban J connectivity index is 1.69. The molecule has 2 aliphatic heterocycles. The third kappa shape index (κ3) is 1.65. The Hall–Kier alpha value is -2.22. The first-order valence-electron chi connectivity index (χ1n) is 9.69. The number of benzene rings is 2. The van der Waals surface area contributed by atoms with E-state index in [1.54, 1.807) is 0 Å². The smallest absolute Gasteiger partial charge is 0.0659 e. The Kier molecular flexibility index (Phi) is 2.51. The second-order valence-corrected chi connectivity index (χ2v) is 8.68. The Morgan fingerprint density at radius 2 is 1.72 bits per heavy atom. The van der Waals surface area contributed by atoms with Crippen molar-refractivity contribution < 1.29 is 0 Å². The Bertz CT molecular complexity index is 992. The summed E-state index contributed by atoms with van der Waals surface area (Å²) in [4.78, 5) is 6.51. The lowest BCUT2D eigenvalue weighted by atomic mass is 9.75. The predicted molar refractivity (Wildman–Crippen MR) is 104 cm³/mol. The summed E-state index contributed by atoms with van der Waals surface area (Å²) in [5.41, 5.74) is 7.58. The largest absolute Gasteiger partial charge is 0.361 e. The number of nitrogens with zero attached hydrogens (tertiary/aromatic N) is 1. The van der Waals surface area contributed by atoms with E-state index in [9.17, 15) is 0 Å². The molecule has 3 heterocycles. The van der Waals surface area contributed by atoms with Gasteiger partial charge in [-0.25, -0.2) is 0 Å². The maximum atomic E-state index is 3.76. The minimum Gasteiger partial charge on any atom is -0.361 e. The fourth-order valence-corrected chi connectivity index (χ4v) is 6.25. The topological polar surface area (TPSA) is 19.0 Å². The van der Waals surface area contributed by atoms with E-state index in [4.69, 9.17) is 0 Å². The molecule has 126 valence electrons. The highest BCUT2D eigenvalue weighted by Crippen LogP contribution is 2.61. The standard InChI is InChI=1S/C23H24N2/c1-22-14-23(12-6-7-13-23)15-25(22)19-11-5-3-9-17(19)21-20(22)16-8-2-4-10-18(16)24-21/h2-5,8-11,24H,6-7,12-15H2,1H3. The maximum absolute atomic E-state index is 3.76. The molecular weight excluding hydrogens is 304 g/mol. The molecule has 2 fully saturated rings. The van der Waals surface area contributed by atoms with Crippen LogP contribution in [0, 0.1) is 5.41 Å². The molecule has 2 heteroatoms. The molecule has 1 N–H and O–H groups in total. The van der Waals surface area contributed by atoms with Crippen LogP contribution < -0.4 is 4.90 Å². The van der Waals surface area contributed by atoms with E-state index in [1.807, 2.05) is 0 Å².